The zero-order valence-electron chi connectivity index (χ0n) is 24.5. The van der Waals surface area contributed by atoms with E-state index in [1.54, 1.807) is 6.07 Å². The van der Waals surface area contributed by atoms with Gasteiger partial charge in [-0.25, -0.2) is 4.98 Å². The van der Waals surface area contributed by atoms with Gasteiger partial charge in [-0.3, -0.25) is 9.59 Å². The summed E-state index contributed by atoms with van der Waals surface area (Å²) in [6.45, 7) is 0.935. The molecule has 1 amide bonds. The Morgan fingerprint density at radius 3 is 2.56 bits per heavy atom. The topological polar surface area (TPSA) is 111 Å². The number of ether oxygens (including phenoxy) is 2. The summed E-state index contributed by atoms with van der Waals surface area (Å²) >= 11 is 6.46. The fourth-order valence-corrected chi connectivity index (χ4v) is 6.44. The van der Waals surface area contributed by atoms with Gasteiger partial charge in [-0.15, -0.1) is 0 Å². The molecule has 1 unspecified atom stereocenters. The first-order chi connectivity index (χ1) is 21.0. The lowest BCUT2D eigenvalue weighted by Crippen LogP contribution is -2.32. The van der Waals surface area contributed by atoms with Crippen molar-refractivity contribution in [3.63, 3.8) is 0 Å². The summed E-state index contributed by atoms with van der Waals surface area (Å²) in [6, 6.07) is 15.2. The number of unbranched alkanes of at least 4 members (excludes halogenated alkanes) is 1. The van der Waals surface area contributed by atoms with Crippen LogP contribution in [0.5, 0.6) is 0 Å². The molecule has 43 heavy (non-hydrogen) atoms. The molecule has 8 nitrogen and oxygen atoms in total. The standard InChI is InChI=1S/C34H41ClN2O6/c35-28-16-7-6-15-27(28)34-42-21-26(20-25-14-5-4-13-24(25)17-18-30(38)39)31(43-34)33-37-29(22-41-33)32(40)36-19-9-8-12-23-10-2-1-3-11-23/h4-7,13-16,22-23,26,31,34H,1-3,8-12,17-21H2,(H,36,40)(H,38,39)/t26-,31?,34+/m0/s1. The van der Waals surface area contributed by atoms with E-state index in [1.807, 2.05) is 42.5 Å². The van der Waals surface area contributed by atoms with Crippen molar-refractivity contribution in [1.82, 2.24) is 10.3 Å². The molecule has 2 aromatic carbocycles. The number of hydrogen-bond donors (Lipinski definition) is 2. The Hall–Kier alpha value is -3.20. The maximum absolute atomic E-state index is 12.9. The molecule has 0 radical (unpaired) electrons. The second-order valence-electron chi connectivity index (χ2n) is 11.7. The van der Waals surface area contributed by atoms with Crippen LogP contribution >= 0.6 is 11.6 Å². The van der Waals surface area contributed by atoms with E-state index in [2.05, 4.69) is 10.3 Å². The Morgan fingerprint density at radius 1 is 1.00 bits per heavy atom. The SMILES string of the molecule is O=C(O)CCc1ccccc1C[C@H]1CO[C@@H](c2ccccc2Cl)OC1c1nc(C(=O)NCCCCC2CCCCC2)co1. The predicted molar refractivity (Wildman–Crippen MR) is 163 cm³/mol. The number of carbonyl (C=O) groups excluding carboxylic acids is 1. The number of nitrogens with zero attached hydrogens (tertiary/aromatic N) is 1. The summed E-state index contributed by atoms with van der Waals surface area (Å²) in [4.78, 5) is 28.7. The Kier molecular flexibility index (Phi) is 11.3. The Balaban J connectivity index is 1.26. The zero-order chi connectivity index (χ0) is 30.0. The van der Waals surface area contributed by atoms with Crippen molar-refractivity contribution in [2.24, 2.45) is 11.8 Å². The lowest BCUT2D eigenvalue weighted by Gasteiger charge is -2.35. The minimum absolute atomic E-state index is 0.0471. The molecule has 1 aliphatic carbocycles. The molecule has 3 atom stereocenters. The van der Waals surface area contributed by atoms with Crippen molar-refractivity contribution in [3.8, 4) is 0 Å². The van der Waals surface area contributed by atoms with Gasteiger partial charge < -0.3 is 24.3 Å². The van der Waals surface area contributed by atoms with E-state index in [-0.39, 0.29) is 23.9 Å². The molecule has 9 heteroatoms. The monoisotopic (exact) mass is 608 g/mol. The number of rotatable bonds is 13. The molecule has 1 aromatic heterocycles. The highest BCUT2D eigenvalue weighted by atomic mass is 35.5. The predicted octanol–water partition coefficient (Wildman–Crippen LogP) is 7.47. The second kappa shape index (κ2) is 15.5. The molecule has 1 saturated carbocycles. The van der Waals surface area contributed by atoms with Gasteiger partial charge in [0, 0.05) is 29.5 Å². The molecule has 5 rings (SSSR count). The second-order valence-corrected chi connectivity index (χ2v) is 12.1. The summed E-state index contributed by atoms with van der Waals surface area (Å²) in [5.74, 6) is -0.157. The van der Waals surface area contributed by atoms with Crippen LogP contribution in [0.25, 0.3) is 0 Å². The third-order valence-electron chi connectivity index (χ3n) is 8.58. The first-order valence-electron chi connectivity index (χ1n) is 15.5. The first kappa shape index (κ1) is 31.2. The molecule has 3 aromatic rings. The van der Waals surface area contributed by atoms with Gasteiger partial charge >= 0.3 is 5.97 Å². The number of nitrogens with one attached hydrogen (secondary N) is 1. The molecule has 0 bridgehead atoms. The average molecular weight is 609 g/mol. The fraction of sp³-hybridized carbons (Fsp3) is 0.500. The molecule has 1 aliphatic heterocycles. The van der Waals surface area contributed by atoms with Crippen molar-refractivity contribution in [1.29, 1.82) is 0 Å². The fourth-order valence-electron chi connectivity index (χ4n) is 6.21. The molecule has 1 saturated heterocycles. The molecule has 0 spiro atoms. The summed E-state index contributed by atoms with van der Waals surface area (Å²) < 4.78 is 18.4. The van der Waals surface area contributed by atoms with E-state index >= 15 is 0 Å². The minimum atomic E-state index is -0.839. The van der Waals surface area contributed by atoms with Gasteiger partial charge in [-0.05, 0) is 42.4 Å². The molecule has 2 aliphatic rings. The third-order valence-corrected chi connectivity index (χ3v) is 8.92. The number of benzene rings is 2. The zero-order valence-corrected chi connectivity index (χ0v) is 25.3. The summed E-state index contributed by atoms with van der Waals surface area (Å²) in [6.07, 6.45) is 11.1. The van der Waals surface area contributed by atoms with Crippen LogP contribution < -0.4 is 5.32 Å². The number of amides is 1. The summed E-state index contributed by atoms with van der Waals surface area (Å²) in [7, 11) is 0. The van der Waals surface area contributed by atoms with E-state index in [0.717, 1.165) is 29.9 Å². The molecular weight excluding hydrogens is 568 g/mol. The highest BCUT2D eigenvalue weighted by Gasteiger charge is 2.38. The number of aliphatic carboxylic acids is 1. The van der Waals surface area contributed by atoms with E-state index in [9.17, 15) is 14.7 Å². The number of carbonyl (C=O) groups is 2. The quantitative estimate of drug-likeness (QED) is 0.194. The van der Waals surface area contributed by atoms with E-state index in [1.165, 1.54) is 44.8 Å². The number of aromatic nitrogens is 1. The number of oxazole rings is 1. The van der Waals surface area contributed by atoms with Crippen molar-refractivity contribution < 1.29 is 28.6 Å². The lowest BCUT2D eigenvalue weighted by atomic mass is 9.86. The maximum Gasteiger partial charge on any atom is 0.303 e. The Morgan fingerprint density at radius 2 is 1.77 bits per heavy atom. The van der Waals surface area contributed by atoms with Crippen LogP contribution in [0.2, 0.25) is 5.02 Å². The maximum atomic E-state index is 12.9. The van der Waals surface area contributed by atoms with Crippen LogP contribution in [0.4, 0.5) is 0 Å². The Bertz CT molecular complexity index is 1350. The minimum Gasteiger partial charge on any atom is -0.481 e. The van der Waals surface area contributed by atoms with Crippen LogP contribution in [0.3, 0.4) is 0 Å². The molecule has 2 N–H and O–H groups in total. The number of carboxylic acid groups (broad SMARTS) is 1. The van der Waals surface area contributed by atoms with Crippen molar-refractivity contribution in [2.75, 3.05) is 13.2 Å². The van der Waals surface area contributed by atoms with E-state index in [0.29, 0.717) is 42.5 Å². The van der Waals surface area contributed by atoms with Crippen molar-refractivity contribution in [3.05, 3.63) is 88.1 Å². The van der Waals surface area contributed by atoms with Crippen LogP contribution in [0.15, 0.2) is 59.2 Å². The van der Waals surface area contributed by atoms with Crippen LogP contribution in [-0.4, -0.2) is 35.1 Å². The number of halogens is 1. The van der Waals surface area contributed by atoms with Gasteiger partial charge in [0.1, 0.15) is 12.4 Å². The average Bonchev–Trinajstić information content (AvgIpc) is 3.52. The van der Waals surface area contributed by atoms with Gasteiger partial charge in [-0.1, -0.05) is 99.0 Å². The molecule has 230 valence electrons. The van der Waals surface area contributed by atoms with Gasteiger partial charge in [0.2, 0.25) is 5.89 Å². The van der Waals surface area contributed by atoms with Gasteiger partial charge in [-0.2, -0.15) is 0 Å². The van der Waals surface area contributed by atoms with E-state index in [4.69, 9.17) is 25.5 Å². The van der Waals surface area contributed by atoms with Gasteiger partial charge in [0.05, 0.1) is 6.61 Å². The van der Waals surface area contributed by atoms with Crippen LogP contribution in [0, 0.1) is 11.8 Å². The highest BCUT2D eigenvalue weighted by Crippen LogP contribution is 2.41. The van der Waals surface area contributed by atoms with Crippen LogP contribution in [0.1, 0.15) is 103 Å². The number of aryl methyl sites for hydroxylation is 1. The molecule has 2 fully saturated rings. The van der Waals surface area contributed by atoms with E-state index < -0.39 is 18.4 Å². The highest BCUT2D eigenvalue weighted by molar-refractivity contribution is 6.31. The Labute approximate surface area is 258 Å². The first-order valence-corrected chi connectivity index (χ1v) is 15.9. The van der Waals surface area contributed by atoms with Gasteiger partial charge in [0.15, 0.2) is 12.0 Å². The normalized spacial score (nSPS) is 21.0. The van der Waals surface area contributed by atoms with Crippen molar-refractivity contribution in [2.45, 2.75) is 83.0 Å². The van der Waals surface area contributed by atoms with Crippen molar-refractivity contribution >= 4 is 23.5 Å². The number of hydrogen-bond acceptors (Lipinski definition) is 6. The molecular formula is C34H41ClN2O6. The number of carboxylic acids is 1. The summed E-state index contributed by atoms with van der Waals surface area (Å²) in [5, 5.41) is 12.7. The smallest absolute Gasteiger partial charge is 0.303 e. The summed E-state index contributed by atoms with van der Waals surface area (Å²) in [5.41, 5.74) is 2.90. The lowest BCUT2D eigenvalue weighted by molar-refractivity contribution is -0.249. The van der Waals surface area contributed by atoms with Gasteiger partial charge in [0.25, 0.3) is 5.91 Å². The van der Waals surface area contributed by atoms with Crippen LogP contribution in [-0.2, 0) is 27.1 Å². The largest absolute Gasteiger partial charge is 0.481 e. The third kappa shape index (κ3) is 8.68. The molecule has 2 heterocycles.